The number of hydrogen-bond acceptors (Lipinski definition) is 5. The fraction of sp³-hybridized carbons (Fsp3) is 0.375. The maximum absolute atomic E-state index is 11.4. The number of aromatic nitrogens is 3. The predicted octanol–water partition coefficient (Wildman–Crippen LogP) is 5.65. The summed E-state index contributed by atoms with van der Waals surface area (Å²) in [4.78, 5) is 15.9. The molecule has 3 aromatic rings. The Morgan fingerprint density at radius 3 is 2.65 bits per heavy atom. The van der Waals surface area contributed by atoms with Crippen molar-refractivity contribution < 1.29 is 14.3 Å². The highest BCUT2D eigenvalue weighted by atomic mass is 79.9. The van der Waals surface area contributed by atoms with Gasteiger partial charge in [0.2, 0.25) is 0 Å². The van der Waals surface area contributed by atoms with Gasteiger partial charge in [-0.1, -0.05) is 32.9 Å². The molecule has 0 aliphatic carbocycles. The number of carbonyl (C=O) groups excluding carboxylic acids is 1. The lowest BCUT2D eigenvalue weighted by Gasteiger charge is -2.14. The fourth-order valence-electron chi connectivity index (χ4n) is 3.40. The van der Waals surface area contributed by atoms with Crippen LogP contribution in [0, 0.1) is 0 Å². The lowest BCUT2D eigenvalue weighted by Crippen LogP contribution is -2.07. The Kier molecular flexibility index (Phi) is 7.85. The number of esters is 1. The van der Waals surface area contributed by atoms with Crippen LogP contribution in [0.5, 0.6) is 11.5 Å². The number of aryl methyl sites for hydroxylation is 2. The average molecular weight is 486 g/mol. The molecule has 7 heteroatoms. The van der Waals surface area contributed by atoms with Gasteiger partial charge < -0.3 is 9.47 Å². The molecule has 3 rings (SSSR count). The SMILES string of the molecule is CCc1cccc(OC(C)=O)c1OCCCc1cn(-c2ccc(Br)cn2)nc1C(C)C. The summed E-state index contributed by atoms with van der Waals surface area (Å²) in [5, 5.41) is 4.76. The van der Waals surface area contributed by atoms with Gasteiger partial charge in [-0.2, -0.15) is 5.10 Å². The number of nitrogens with zero attached hydrogens (tertiary/aromatic N) is 3. The molecule has 0 spiro atoms. The Morgan fingerprint density at radius 1 is 1.19 bits per heavy atom. The molecule has 6 nitrogen and oxygen atoms in total. The monoisotopic (exact) mass is 485 g/mol. The number of rotatable bonds is 9. The number of hydrogen-bond donors (Lipinski definition) is 0. The summed E-state index contributed by atoms with van der Waals surface area (Å²) in [5.41, 5.74) is 3.28. The highest BCUT2D eigenvalue weighted by Crippen LogP contribution is 2.32. The Labute approximate surface area is 191 Å². The van der Waals surface area contributed by atoms with Gasteiger partial charge >= 0.3 is 5.97 Å². The van der Waals surface area contributed by atoms with Gasteiger partial charge in [-0.25, -0.2) is 9.67 Å². The lowest BCUT2D eigenvalue weighted by molar-refractivity contribution is -0.132. The first-order valence-corrected chi connectivity index (χ1v) is 11.3. The summed E-state index contributed by atoms with van der Waals surface area (Å²) < 4.78 is 14.2. The minimum absolute atomic E-state index is 0.309. The Hall–Kier alpha value is -2.67. The summed E-state index contributed by atoms with van der Waals surface area (Å²) in [6, 6.07) is 9.53. The molecule has 0 radical (unpaired) electrons. The minimum Gasteiger partial charge on any atom is -0.489 e. The summed E-state index contributed by atoms with van der Waals surface area (Å²) >= 11 is 3.42. The third kappa shape index (κ3) is 5.94. The first-order chi connectivity index (χ1) is 14.9. The molecular formula is C24H28BrN3O3. The molecule has 2 aromatic heterocycles. The van der Waals surface area contributed by atoms with E-state index in [9.17, 15) is 4.79 Å². The van der Waals surface area contributed by atoms with Crippen LogP contribution in [0.15, 0.2) is 47.2 Å². The van der Waals surface area contributed by atoms with Crippen LogP contribution in [-0.4, -0.2) is 27.3 Å². The average Bonchev–Trinajstić information content (AvgIpc) is 3.16. The number of carbonyl (C=O) groups is 1. The van der Waals surface area contributed by atoms with Crippen molar-refractivity contribution in [2.75, 3.05) is 6.61 Å². The van der Waals surface area contributed by atoms with Gasteiger partial charge in [0.1, 0.15) is 0 Å². The van der Waals surface area contributed by atoms with Crippen molar-refractivity contribution in [2.45, 2.75) is 52.9 Å². The molecule has 0 aliphatic rings. The molecule has 31 heavy (non-hydrogen) atoms. The molecule has 0 amide bonds. The molecule has 1 aromatic carbocycles. The number of halogens is 1. The van der Waals surface area contributed by atoms with Gasteiger partial charge in [0.05, 0.1) is 12.3 Å². The van der Waals surface area contributed by atoms with E-state index in [1.54, 1.807) is 12.3 Å². The molecule has 0 saturated heterocycles. The van der Waals surface area contributed by atoms with Crippen molar-refractivity contribution in [1.29, 1.82) is 0 Å². The third-order valence-corrected chi connectivity index (χ3v) is 5.32. The van der Waals surface area contributed by atoms with Crippen molar-refractivity contribution in [3.05, 3.63) is 64.0 Å². The van der Waals surface area contributed by atoms with Crippen LogP contribution in [0.4, 0.5) is 0 Å². The van der Waals surface area contributed by atoms with Crippen LogP contribution in [0.2, 0.25) is 0 Å². The second-order valence-corrected chi connectivity index (χ2v) is 8.53. The molecule has 0 aliphatic heterocycles. The van der Waals surface area contributed by atoms with Gasteiger partial charge in [0.25, 0.3) is 0 Å². The Morgan fingerprint density at radius 2 is 2.00 bits per heavy atom. The van der Waals surface area contributed by atoms with E-state index in [1.165, 1.54) is 12.5 Å². The zero-order chi connectivity index (χ0) is 22.4. The first kappa shape index (κ1) is 23.0. The van der Waals surface area contributed by atoms with Gasteiger partial charge in [-0.3, -0.25) is 4.79 Å². The smallest absolute Gasteiger partial charge is 0.308 e. The molecule has 164 valence electrons. The van der Waals surface area contributed by atoms with Crippen molar-refractivity contribution in [2.24, 2.45) is 0 Å². The predicted molar refractivity (Wildman–Crippen MR) is 124 cm³/mol. The maximum Gasteiger partial charge on any atom is 0.308 e. The standard InChI is InChI=1S/C24H28BrN3O3/c1-5-18-8-6-10-21(31-17(4)29)24(18)30-13-7-9-19-15-28(27-23(19)16(2)3)22-12-11-20(25)14-26-22/h6,8,10-12,14-16H,5,7,9,13H2,1-4H3. The zero-order valence-electron chi connectivity index (χ0n) is 18.4. The molecule has 0 unspecified atom stereocenters. The number of para-hydroxylation sites is 1. The molecular weight excluding hydrogens is 458 g/mol. The molecule has 0 atom stereocenters. The van der Waals surface area contributed by atoms with Crippen LogP contribution in [0.1, 0.15) is 56.9 Å². The summed E-state index contributed by atoms with van der Waals surface area (Å²) in [6.45, 7) is 8.26. The van der Waals surface area contributed by atoms with Gasteiger partial charge in [0, 0.05) is 23.8 Å². The van der Waals surface area contributed by atoms with E-state index in [4.69, 9.17) is 14.6 Å². The Bertz CT molecular complexity index is 1030. The van der Waals surface area contributed by atoms with Crippen LogP contribution < -0.4 is 9.47 Å². The topological polar surface area (TPSA) is 66.2 Å². The highest BCUT2D eigenvalue weighted by Gasteiger charge is 2.15. The van der Waals surface area contributed by atoms with E-state index >= 15 is 0 Å². The van der Waals surface area contributed by atoms with Gasteiger partial charge in [-0.05, 0) is 70.4 Å². The summed E-state index contributed by atoms with van der Waals surface area (Å²) in [7, 11) is 0. The third-order valence-electron chi connectivity index (χ3n) is 4.85. The van der Waals surface area contributed by atoms with E-state index < -0.39 is 0 Å². The van der Waals surface area contributed by atoms with Gasteiger partial charge in [0.15, 0.2) is 17.3 Å². The summed E-state index contributed by atoms with van der Waals surface area (Å²) in [6.07, 6.45) is 6.27. The second kappa shape index (κ2) is 10.6. The molecule has 0 saturated carbocycles. The van der Waals surface area contributed by atoms with E-state index in [2.05, 4.69) is 47.9 Å². The largest absolute Gasteiger partial charge is 0.489 e. The lowest BCUT2D eigenvalue weighted by atomic mass is 10.0. The van der Waals surface area contributed by atoms with E-state index in [-0.39, 0.29) is 5.97 Å². The van der Waals surface area contributed by atoms with E-state index in [0.29, 0.717) is 24.0 Å². The fourth-order valence-corrected chi connectivity index (χ4v) is 3.63. The quantitative estimate of drug-likeness (QED) is 0.222. The van der Waals surface area contributed by atoms with Crippen molar-refractivity contribution in [3.63, 3.8) is 0 Å². The van der Waals surface area contributed by atoms with Crippen LogP contribution in [0.25, 0.3) is 5.82 Å². The number of benzene rings is 1. The molecule has 0 bridgehead atoms. The summed E-state index contributed by atoms with van der Waals surface area (Å²) in [5.74, 6) is 1.87. The normalized spacial score (nSPS) is 11.0. The van der Waals surface area contributed by atoms with Gasteiger partial charge in [-0.15, -0.1) is 0 Å². The van der Waals surface area contributed by atoms with Crippen molar-refractivity contribution in [3.8, 4) is 17.3 Å². The van der Waals surface area contributed by atoms with Crippen LogP contribution in [-0.2, 0) is 17.6 Å². The Balaban J connectivity index is 1.70. The van der Waals surface area contributed by atoms with Crippen LogP contribution >= 0.6 is 15.9 Å². The van der Waals surface area contributed by atoms with E-state index in [0.717, 1.165) is 40.8 Å². The molecule has 0 fully saturated rings. The molecule has 2 heterocycles. The zero-order valence-corrected chi connectivity index (χ0v) is 20.0. The number of pyridine rings is 1. The minimum atomic E-state index is -0.353. The van der Waals surface area contributed by atoms with Crippen molar-refractivity contribution >= 4 is 21.9 Å². The highest BCUT2D eigenvalue weighted by molar-refractivity contribution is 9.10. The van der Waals surface area contributed by atoms with Crippen molar-refractivity contribution in [1.82, 2.24) is 14.8 Å². The first-order valence-electron chi connectivity index (χ1n) is 10.5. The van der Waals surface area contributed by atoms with Crippen LogP contribution in [0.3, 0.4) is 0 Å². The molecule has 0 N–H and O–H groups in total. The second-order valence-electron chi connectivity index (χ2n) is 7.62. The maximum atomic E-state index is 11.4. The van der Waals surface area contributed by atoms with E-state index in [1.807, 2.05) is 28.9 Å². The number of ether oxygens (including phenoxy) is 2.